The van der Waals surface area contributed by atoms with Crippen molar-refractivity contribution in [1.29, 1.82) is 0 Å². The molecule has 0 saturated carbocycles. The Hall–Kier alpha value is 0.0900. The van der Waals surface area contributed by atoms with Gasteiger partial charge in [-0.1, -0.05) is 0 Å². The molecule has 70 valence electrons. The van der Waals surface area contributed by atoms with E-state index < -0.39 is 24.9 Å². The second kappa shape index (κ2) is 6.78. The standard InChI is InChI=1S/C5H13NO4.ClH/c6-1-3(8)5(10)4(9)2-7;/h3-5,7-10H,1-2,6H2;1H/t3-,4+,5-;/m1./s1. The monoisotopic (exact) mass is 187 g/mol. The maximum atomic E-state index is 8.85. The van der Waals surface area contributed by atoms with Gasteiger partial charge < -0.3 is 26.2 Å². The summed E-state index contributed by atoms with van der Waals surface area (Å²) >= 11 is 0. The van der Waals surface area contributed by atoms with Crippen molar-refractivity contribution in [2.75, 3.05) is 13.2 Å². The van der Waals surface area contributed by atoms with Crippen LogP contribution in [0.3, 0.4) is 0 Å². The Kier molecular flexibility index (Phi) is 8.42. The van der Waals surface area contributed by atoms with Crippen molar-refractivity contribution < 1.29 is 20.4 Å². The smallest absolute Gasteiger partial charge is 0.109 e. The molecule has 0 unspecified atom stereocenters. The van der Waals surface area contributed by atoms with Crippen molar-refractivity contribution in [2.45, 2.75) is 18.3 Å². The Balaban J connectivity index is 0. The summed E-state index contributed by atoms with van der Waals surface area (Å²) in [7, 11) is 0. The summed E-state index contributed by atoms with van der Waals surface area (Å²) in [6.45, 7) is -0.726. The van der Waals surface area contributed by atoms with E-state index in [1.807, 2.05) is 0 Å². The van der Waals surface area contributed by atoms with Crippen LogP contribution in [0.4, 0.5) is 0 Å². The van der Waals surface area contributed by atoms with Crippen molar-refractivity contribution in [3.05, 3.63) is 0 Å². The first kappa shape index (κ1) is 13.7. The van der Waals surface area contributed by atoms with Gasteiger partial charge >= 0.3 is 0 Å². The highest BCUT2D eigenvalue weighted by molar-refractivity contribution is 5.85. The highest BCUT2D eigenvalue weighted by atomic mass is 35.5. The molecule has 0 aliphatic carbocycles. The average molecular weight is 188 g/mol. The Bertz CT molecular complexity index is 84.6. The van der Waals surface area contributed by atoms with Gasteiger partial charge in [0.2, 0.25) is 0 Å². The van der Waals surface area contributed by atoms with Crippen molar-refractivity contribution in [1.82, 2.24) is 0 Å². The number of nitrogens with two attached hydrogens (primary N) is 1. The van der Waals surface area contributed by atoms with Crippen molar-refractivity contribution >= 4 is 12.4 Å². The summed E-state index contributed by atoms with van der Waals surface area (Å²) in [6.07, 6.45) is -3.87. The van der Waals surface area contributed by atoms with E-state index in [9.17, 15) is 0 Å². The second-order valence-electron chi connectivity index (χ2n) is 2.04. The molecule has 0 saturated heterocycles. The van der Waals surface area contributed by atoms with Crippen LogP contribution in [0, 0.1) is 0 Å². The molecule has 11 heavy (non-hydrogen) atoms. The molecule has 0 spiro atoms. The van der Waals surface area contributed by atoms with E-state index in [1.165, 1.54) is 0 Å². The number of hydrogen-bond donors (Lipinski definition) is 5. The first-order valence-corrected chi connectivity index (χ1v) is 2.98. The number of aliphatic hydroxyl groups excluding tert-OH is 4. The Labute approximate surface area is 70.9 Å². The normalized spacial score (nSPS) is 18.3. The SMILES string of the molecule is Cl.NC[C@@H](O)[C@@H](O)[C@@H](O)CO. The van der Waals surface area contributed by atoms with Gasteiger partial charge in [-0.25, -0.2) is 0 Å². The molecule has 0 aromatic carbocycles. The molecule has 0 rings (SSSR count). The van der Waals surface area contributed by atoms with Crippen LogP contribution in [0.1, 0.15) is 0 Å². The predicted molar refractivity (Wildman–Crippen MR) is 41.4 cm³/mol. The fourth-order valence-corrected chi connectivity index (χ4v) is 0.504. The van der Waals surface area contributed by atoms with Crippen LogP contribution in [-0.4, -0.2) is 51.9 Å². The van der Waals surface area contributed by atoms with E-state index >= 15 is 0 Å². The van der Waals surface area contributed by atoms with Crippen LogP contribution in [0.5, 0.6) is 0 Å². The van der Waals surface area contributed by atoms with Gasteiger partial charge in [-0.2, -0.15) is 0 Å². The minimum Gasteiger partial charge on any atom is -0.394 e. The van der Waals surface area contributed by atoms with Gasteiger partial charge in [0.25, 0.3) is 0 Å². The fraction of sp³-hybridized carbons (Fsp3) is 1.00. The lowest BCUT2D eigenvalue weighted by atomic mass is 10.1. The van der Waals surface area contributed by atoms with Crippen LogP contribution >= 0.6 is 12.4 Å². The minimum atomic E-state index is -1.37. The molecule has 0 fully saturated rings. The highest BCUT2D eigenvalue weighted by Crippen LogP contribution is 1.97. The molecule has 0 amide bonds. The summed E-state index contributed by atoms with van der Waals surface area (Å²) in [5.41, 5.74) is 4.96. The molecule has 0 bridgehead atoms. The third-order valence-corrected chi connectivity index (χ3v) is 1.22. The van der Waals surface area contributed by atoms with Crippen LogP contribution in [0.2, 0.25) is 0 Å². The summed E-state index contributed by atoms with van der Waals surface area (Å²) in [5, 5.41) is 34.6. The molecule has 6 N–H and O–H groups in total. The average Bonchev–Trinajstić information content (AvgIpc) is 2.00. The van der Waals surface area contributed by atoms with E-state index in [0.717, 1.165) is 0 Å². The summed E-state index contributed by atoms with van der Waals surface area (Å²) in [6, 6.07) is 0. The van der Waals surface area contributed by atoms with Crippen LogP contribution < -0.4 is 5.73 Å². The lowest BCUT2D eigenvalue weighted by Crippen LogP contribution is -2.43. The lowest BCUT2D eigenvalue weighted by Gasteiger charge is -2.19. The largest absolute Gasteiger partial charge is 0.394 e. The number of rotatable bonds is 4. The third-order valence-electron chi connectivity index (χ3n) is 1.22. The molecule has 0 aromatic rings. The van der Waals surface area contributed by atoms with E-state index in [4.69, 9.17) is 26.2 Å². The summed E-state index contributed by atoms with van der Waals surface area (Å²) in [4.78, 5) is 0. The zero-order valence-electron chi connectivity index (χ0n) is 5.92. The van der Waals surface area contributed by atoms with E-state index in [-0.39, 0.29) is 19.0 Å². The molecule has 0 heterocycles. The van der Waals surface area contributed by atoms with Gasteiger partial charge in [0, 0.05) is 6.54 Å². The Morgan fingerprint density at radius 2 is 1.55 bits per heavy atom. The predicted octanol–water partition coefficient (Wildman–Crippen LogP) is -2.56. The molecule has 0 radical (unpaired) electrons. The van der Waals surface area contributed by atoms with Crippen LogP contribution in [0.25, 0.3) is 0 Å². The van der Waals surface area contributed by atoms with E-state index in [0.29, 0.717) is 0 Å². The Morgan fingerprint density at radius 1 is 1.09 bits per heavy atom. The van der Waals surface area contributed by atoms with E-state index in [2.05, 4.69) is 0 Å². The topological polar surface area (TPSA) is 107 Å². The van der Waals surface area contributed by atoms with Gasteiger partial charge in [-0.05, 0) is 0 Å². The summed E-state index contributed by atoms with van der Waals surface area (Å²) < 4.78 is 0. The molecule has 6 heteroatoms. The first-order chi connectivity index (χ1) is 4.63. The summed E-state index contributed by atoms with van der Waals surface area (Å²) in [5.74, 6) is 0. The zero-order chi connectivity index (χ0) is 8.15. The number of aliphatic hydroxyl groups is 4. The highest BCUT2D eigenvalue weighted by Gasteiger charge is 2.22. The molecule has 5 nitrogen and oxygen atoms in total. The molecular formula is C5H14ClNO4. The minimum absolute atomic E-state index is 0. The fourth-order valence-electron chi connectivity index (χ4n) is 0.504. The van der Waals surface area contributed by atoms with Gasteiger partial charge in [0.1, 0.15) is 12.2 Å². The van der Waals surface area contributed by atoms with E-state index in [1.54, 1.807) is 0 Å². The van der Waals surface area contributed by atoms with Crippen molar-refractivity contribution in [3.8, 4) is 0 Å². The Morgan fingerprint density at radius 3 is 1.82 bits per heavy atom. The number of hydrogen-bond acceptors (Lipinski definition) is 5. The van der Waals surface area contributed by atoms with Crippen LogP contribution in [0.15, 0.2) is 0 Å². The molecule has 0 aliphatic heterocycles. The van der Waals surface area contributed by atoms with Crippen molar-refractivity contribution in [3.63, 3.8) is 0 Å². The zero-order valence-corrected chi connectivity index (χ0v) is 6.74. The quantitative estimate of drug-likeness (QED) is 0.333. The van der Waals surface area contributed by atoms with Gasteiger partial charge in [0.15, 0.2) is 0 Å². The molecule has 3 atom stereocenters. The first-order valence-electron chi connectivity index (χ1n) is 2.98. The maximum absolute atomic E-state index is 8.85. The van der Waals surface area contributed by atoms with Crippen molar-refractivity contribution in [2.24, 2.45) is 5.73 Å². The van der Waals surface area contributed by atoms with Gasteiger partial charge in [-0.15, -0.1) is 12.4 Å². The molecular weight excluding hydrogens is 174 g/mol. The maximum Gasteiger partial charge on any atom is 0.109 e. The second-order valence-corrected chi connectivity index (χ2v) is 2.04. The lowest BCUT2D eigenvalue weighted by molar-refractivity contribution is -0.0727. The van der Waals surface area contributed by atoms with Gasteiger partial charge in [0.05, 0.1) is 12.7 Å². The number of halogens is 1. The van der Waals surface area contributed by atoms with Gasteiger partial charge in [-0.3, -0.25) is 0 Å². The van der Waals surface area contributed by atoms with Crippen LogP contribution in [-0.2, 0) is 0 Å². The third kappa shape index (κ3) is 4.52. The molecule has 0 aliphatic rings. The molecule has 0 aromatic heterocycles.